The predicted molar refractivity (Wildman–Crippen MR) is 171 cm³/mol. The summed E-state index contributed by atoms with van der Waals surface area (Å²) in [6, 6.07) is 34.4. The number of hydrogen-bond donors (Lipinski definition) is 1. The van der Waals surface area contributed by atoms with Crippen molar-refractivity contribution in [2.45, 2.75) is 38.5 Å². The number of aliphatic imine (C=N–C) groups is 2. The van der Waals surface area contributed by atoms with Crippen molar-refractivity contribution < 1.29 is 0 Å². The van der Waals surface area contributed by atoms with E-state index >= 15 is 0 Å². The maximum atomic E-state index is 5.29. The minimum Gasteiger partial charge on any atom is -0.354 e. The third-order valence-corrected chi connectivity index (χ3v) is 8.73. The lowest BCUT2D eigenvalue weighted by molar-refractivity contribution is 0.695. The summed E-state index contributed by atoms with van der Waals surface area (Å²) in [4.78, 5) is 14.4. The van der Waals surface area contributed by atoms with Crippen LogP contribution in [0.25, 0.3) is 11.1 Å². The van der Waals surface area contributed by atoms with E-state index in [1.165, 1.54) is 11.1 Å². The molecule has 0 amide bonds. The molecule has 0 spiro atoms. The molecular weight excluding hydrogens is 498 g/mol. The summed E-state index contributed by atoms with van der Waals surface area (Å²) in [5.74, 6) is 0. The summed E-state index contributed by atoms with van der Waals surface area (Å²) < 4.78 is 0. The van der Waals surface area contributed by atoms with Gasteiger partial charge in [-0.25, -0.2) is 0 Å². The highest BCUT2D eigenvalue weighted by molar-refractivity contribution is 6.09. The van der Waals surface area contributed by atoms with E-state index in [0.717, 1.165) is 56.5 Å². The van der Waals surface area contributed by atoms with Crippen molar-refractivity contribution in [1.29, 1.82) is 0 Å². The van der Waals surface area contributed by atoms with Crippen LogP contribution in [0.5, 0.6) is 0 Å². The minimum absolute atomic E-state index is 0.275. The molecule has 3 aromatic carbocycles. The molecule has 4 aromatic rings. The Morgan fingerprint density at radius 2 is 0.927 bits per heavy atom. The molecule has 0 fully saturated rings. The highest BCUT2D eigenvalue weighted by atomic mass is 14.8. The van der Waals surface area contributed by atoms with Crippen LogP contribution >= 0.6 is 0 Å². The second-order valence-electron chi connectivity index (χ2n) is 12.0. The van der Waals surface area contributed by atoms with Gasteiger partial charge in [-0.15, -0.1) is 0 Å². The van der Waals surface area contributed by atoms with Crippen LogP contribution in [0, 0.1) is 0 Å². The number of aromatic amines is 1. The summed E-state index contributed by atoms with van der Waals surface area (Å²) >= 11 is 0. The number of rotatable bonds is 2. The highest BCUT2D eigenvalue weighted by Crippen LogP contribution is 2.39. The third kappa shape index (κ3) is 4.20. The van der Waals surface area contributed by atoms with Crippen molar-refractivity contribution >= 4 is 22.6 Å². The van der Waals surface area contributed by atoms with E-state index in [0.29, 0.717) is 0 Å². The Morgan fingerprint density at radius 3 is 1.37 bits per heavy atom. The maximum absolute atomic E-state index is 5.29. The van der Waals surface area contributed by atoms with Gasteiger partial charge in [-0.05, 0) is 58.7 Å². The molecule has 3 aliphatic heterocycles. The zero-order valence-electron chi connectivity index (χ0n) is 23.9. The lowest BCUT2D eigenvalue weighted by Crippen LogP contribution is -2.30. The Balaban J connectivity index is 1.54. The number of allylic oxidation sites excluding steroid dienone is 4. The Bertz CT molecular complexity index is 1720. The number of hydrogen-bond acceptors (Lipinski definition) is 2. The van der Waals surface area contributed by atoms with Crippen molar-refractivity contribution in [3.8, 4) is 0 Å². The fourth-order valence-corrected chi connectivity index (χ4v) is 6.07. The average molecular weight is 532 g/mol. The summed E-state index contributed by atoms with van der Waals surface area (Å²) in [7, 11) is 0. The van der Waals surface area contributed by atoms with Gasteiger partial charge in [0.25, 0.3) is 0 Å². The summed E-state index contributed by atoms with van der Waals surface area (Å²) in [5.41, 5.74) is 12.5. The molecule has 41 heavy (non-hydrogen) atoms. The third-order valence-electron chi connectivity index (χ3n) is 8.73. The zero-order valence-corrected chi connectivity index (χ0v) is 23.9. The van der Waals surface area contributed by atoms with Gasteiger partial charge in [-0.2, -0.15) is 0 Å². The van der Waals surface area contributed by atoms with Gasteiger partial charge in [0.15, 0.2) is 0 Å². The first kappa shape index (κ1) is 25.2. The molecule has 0 radical (unpaired) electrons. The predicted octanol–water partition coefficient (Wildman–Crippen LogP) is 8.82. The van der Waals surface area contributed by atoms with Crippen LogP contribution in [0.1, 0.15) is 61.3 Å². The van der Waals surface area contributed by atoms with Crippen molar-refractivity contribution in [2.75, 3.05) is 0 Å². The number of H-pyrrole nitrogens is 1. The van der Waals surface area contributed by atoms with E-state index in [1.54, 1.807) is 0 Å². The molecule has 1 aromatic heterocycles. The topological polar surface area (TPSA) is 40.5 Å². The first-order valence-electron chi connectivity index (χ1n) is 14.3. The largest absolute Gasteiger partial charge is 0.354 e. The molecule has 0 aliphatic carbocycles. The lowest BCUT2D eigenvalue weighted by atomic mass is 9.75. The van der Waals surface area contributed by atoms with Crippen LogP contribution in [-0.4, -0.2) is 16.4 Å². The fourth-order valence-electron chi connectivity index (χ4n) is 6.07. The Hall–Kier alpha value is -4.76. The molecule has 8 bridgehead atoms. The van der Waals surface area contributed by atoms with Crippen LogP contribution in [-0.2, 0) is 10.8 Å². The molecule has 0 saturated carbocycles. The van der Waals surface area contributed by atoms with Gasteiger partial charge in [-0.3, -0.25) is 9.98 Å². The van der Waals surface area contributed by atoms with Gasteiger partial charge < -0.3 is 4.98 Å². The second kappa shape index (κ2) is 9.42. The van der Waals surface area contributed by atoms with Crippen LogP contribution in [0.4, 0.5) is 0 Å². The van der Waals surface area contributed by atoms with Crippen LogP contribution in [0.2, 0.25) is 0 Å². The van der Waals surface area contributed by atoms with Gasteiger partial charge in [0, 0.05) is 33.4 Å². The Morgan fingerprint density at radius 1 is 0.488 bits per heavy atom. The van der Waals surface area contributed by atoms with Crippen molar-refractivity contribution in [3.05, 3.63) is 166 Å². The van der Waals surface area contributed by atoms with E-state index < -0.39 is 0 Å². The average Bonchev–Trinajstić information content (AvgIpc) is 3.77. The normalized spacial score (nSPS) is 22.0. The molecule has 1 N–H and O–H groups in total. The molecule has 7 rings (SSSR count). The first-order valence-corrected chi connectivity index (χ1v) is 14.3. The number of aromatic nitrogens is 1. The molecule has 0 atom stereocenters. The van der Waals surface area contributed by atoms with Gasteiger partial charge in [0.1, 0.15) is 0 Å². The van der Waals surface area contributed by atoms with Crippen LogP contribution < -0.4 is 0 Å². The SMILES string of the molecule is CC1(C)C2=N/C(=C(/c3ccccc3)c3ccc([nH]3)/C(c3ccccc3)=C3/C=CC(=N3)C(C)(C)c3cccc1c3)C=C2. The van der Waals surface area contributed by atoms with Gasteiger partial charge in [0.05, 0.1) is 22.8 Å². The fraction of sp³-hybridized carbons (Fsp3) is 0.158. The summed E-state index contributed by atoms with van der Waals surface area (Å²) in [6.45, 7) is 9.07. The van der Waals surface area contributed by atoms with Gasteiger partial charge >= 0.3 is 0 Å². The van der Waals surface area contributed by atoms with Crippen molar-refractivity contribution in [2.24, 2.45) is 9.98 Å². The lowest BCUT2D eigenvalue weighted by Gasteiger charge is -2.29. The van der Waals surface area contributed by atoms with E-state index in [2.05, 4.69) is 154 Å². The monoisotopic (exact) mass is 531 g/mol. The van der Waals surface area contributed by atoms with E-state index in [1.807, 2.05) is 0 Å². The van der Waals surface area contributed by atoms with E-state index in [9.17, 15) is 0 Å². The van der Waals surface area contributed by atoms with E-state index in [4.69, 9.17) is 9.98 Å². The standard InChI is InChI=1S/C38H33N3/c1-37(2)27-16-11-17-28(24-27)38(3,4)34-23-21-32(41-34)36(26-14-9-6-10-15-26)30-19-18-29(39-30)35(25-12-7-5-8-13-25)31-20-22-33(37)40-31/h5-24,39H,1-4H3/b35-31-,36-32-. The number of benzene rings is 3. The summed E-state index contributed by atoms with van der Waals surface area (Å²) in [5, 5.41) is 0. The van der Waals surface area contributed by atoms with Crippen LogP contribution in [0.15, 0.2) is 143 Å². The van der Waals surface area contributed by atoms with Crippen molar-refractivity contribution in [3.63, 3.8) is 0 Å². The molecule has 3 heteroatoms. The molecule has 0 saturated heterocycles. The van der Waals surface area contributed by atoms with Gasteiger partial charge in [-0.1, -0.05) is 113 Å². The number of fused-ring (bicyclic) bond motifs is 6. The smallest absolute Gasteiger partial charge is 0.0733 e. The minimum atomic E-state index is -0.275. The molecular formula is C38H33N3. The quantitative estimate of drug-likeness (QED) is 0.268. The van der Waals surface area contributed by atoms with E-state index in [-0.39, 0.29) is 10.8 Å². The Labute approximate surface area is 242 Å². The zero-order chi connectivity index (χ0) is 28.2. The molecule has 4 heterocycles. The van der Waals surface area contributed by atoms with Gasteiger partial charge in [0.2, 0.25) is 0 Å². The van der Waals surface area contributed by atoms with Crippen molar-refractivity contribution in [1.82, 2.24) is 4.98 Å². The molecule has 3 nitrogen and oxygen atoms in total. The van der Waals surface area contributed by atoms with Crippen LogP contribution in [0.3, 0.4) is 0 Å². The second-order valence-corrected chi connectivity index (χ2v) is 12.0. The Kier molecular flexibility index (Phi) is 5.79. The molecule has 0 unspecified atom stereocenters. The maximum Gasteiger partial charge on any atom is 0.0733 e. The number of nitrogens with one attached hydrogen (secondary N) is 1. The summed E-state index contributed by atoms with van der Waals surface area (Å²) in [6.07, 6.45) is 8.70. The number of nitrogens with zero attached hydrogens (tertiary/aromatic N) is 2. The molecule has 3 aliphatic rings. The highest BCUT2D eigenvalue weighted by Gasteiger charge is 2.33. The molecule has 200 valence electrons. The first-order chi connectivity index (χ1) is 19.8.